The van der Waals surface area contributed by atoms with Crippen molar-refractivity contribution in [1.29, 1.82) is 0 Å². The summed E-state index contributed by atoms with van der Waals surface area (Å²) in [4.78, 5) is 0. The third-order valence-electron chi connectivity index (χ3n) is 3.29. The van der Waals surface area contributed by atoms with Crippen LogP contribution in [0.4, 0.5) is 0 Å². The minimum atomic E-state index is 0.762. The molecule has 1 aromatic heterocycles. The van der Waals surface area contributed by atoms with Crippen molar-refractivity contribution in [3.8, 4) is 11.5 Å². The van der Waals surface area contributed by atoms with E-state index < -0.39 is 0 Å². The number of benzene rings is 1. The smallest absolute Gasteiger partial charge is 0.160 e. The molecule has 0 spiro atoms. The minimum absolute atomic E-state index is 0.762. The van der Waals surface area contributed by atoms with Gasteiger partial charge in [-0.15, -0.1) is 0 Å². The number of ether oxygens (including phenoxy) is 2. The highest BCUT2D eigenvalue weighted by Gasteiger charge is 2.04. The molecule has 1 heterocycles. The third kappa shape index (κ3) is 3.51. The molecule has 20 heavy (non-hydrogen) atoms. The van der Waals surface area contributed by atoms with Crippen molar-refractivity contribution in [2.24, 2.45) is 0 Å². The molecule has 108 valence electrons. The lowest BCUT2D eigenvalue weighted by molar-refractivity contribution is 0.354. The van der Waals surface area contributed by atoms with Gasteiger partial charge in [-0.1, -0.05) is 6.07 Å². The summed E-state index contributed by atoms with van der Waals surface area (Å²) in [7, 11) is 3.30. The Bertz CT molecular complexity index is 552. The van der Waals surface area contributed by atoms with Gasteiger partial charge in [-0.2, -0.15) is 5.10 Å². The minimum Gasteiger partial charge on any atom is -0.493 e. The Hall–Kier alpha value is -2.01. The highest BCUT2D eigenvalue weighted by molar-refractivity contribution is 5.42. The maximum atomic E-state index is 5.30. The number of hydrogen-bond acceptors (Lipinski definition) is 4. The van der Waals surface area contributed by atoms with E-state index in [2.05, 4.69) is 21.6 Å². The Kier molecular flexibility index (Phi) is 5.01. The zero-order valence-electron chi connectivity index (χ0n) is 12.2. The number of rotatable bonds is 7. The molecule has 2 N–H and O–H groups in total. The SMILES string of the molecule is COc1ccc(CCNCc2cn[nH]c2C)cc1OC. The maximum Gasteiger partial charge on any atom is 0.160 e. The van der Waals surface area contributed by atoms with E-state index in [0.29, 0.717) is 0 Å². The average molecular weight is 275 g/mol. The van der Waals surface area contributed by atoms with Crippen LogP contribution in [0.25, 0.3) is 0 Å². The van der Waals surface area contributed by atoms with Crippen LogP contribution < -0.4 is 14.8 Å². The molecule has 0 aliphatic rings. The van der Waals surface area contributed by atoms with Gasteiger partial charge in [-0.3, -0.25) is 5.10 Å². The first-order valence-electron chi connectivity index (χ1n) is 6.65. The summed E-state index contributed by atoms with van der Waals surface area (Å²) in [6.45, 7) is 3.76. The van der Waals surface area contributed by atoms with E-state index in [1.54, 1.807) is 14.2 Å². The van der Waals surface area contributed by atoms with Crippen LogP contribution in [0.3, 0.4) is 0 Å². The summed E-state index contributed by atoms with van der Waals surface area (Å²) in [5.41, 5.74) is 3.54. The Balaban J connectivity index is 1.83. The lowest BCUT2D eigenvalue weighted by Gasteiger charge is -2.10. The quantitative estimate of drug-likeness (QED) is 0.759. The summed E-state index contributed by atoms with van der Waals surface area (Å²) >= 11 is 0. The Morgan fingerprint density at radius 2 is 2.00 bits per heavy atom. The molecule has 0 radical (unpaired) electrons. The first-order valence-corrected chi connectivity index (χ1v) is 6.65. The monoisotopic (exact) mass is 275 g/mol. The normalized spacial score (nSPS) is 10.6. The molecule has 0 amide bonds. The van der Waals surface area contributed by atoms with Gasteiger partial charge in [0, 0.05) is 17.8 Å². The molecule has 5 nitrogen and oxygen atoms in total. The second kappa shape index (κ2) is 6.96. The van der Waals surface area contributed by atoms with E-state index in [-0.39, 0.29) is 0 Å². The predicted octanol–water partition coefficient (Wildman–Crippen LogP) is 2.07. The molecule has 1 aromatic carbocycles. The average Bonchev–Trinajstić information content (AvgIpc) is 2.88. The van der Waals surface area contributed by atoms with Crippen LogP contribution in [0.5, 0.6) is 11.5 Å². The van der Waals surface area contributed by atoms with Crippen LogP contribution in [0.15, 0.2) is 24.4 Å². The molecule has 0 saturated carbocycles. The van der Waals surface area contributed by atoms with Crippen LogP contribution in [-0.4, -0.2) is 31.0 Å². The molecule has 0 fully saturated rings. The molecule has 0 atom stereocenters. The summed E-state index contributed by atoms with van der Waals surface area (Å²) in [5.74, 6) is 1.54. The molecular formula is C15H21N3O2. The molecule has 2 rings (SSSR count). The van der Waals surface area contributed by atoms with E-state index in [4.69, 9.17) is 9.47 Å². The van der Waals surface area contributed by atoms with Crippen molar-refractivity contribution < 1.29 is 9.47 Å². The van der Waals surface area contributed by atoms with Crippen molar-refractivity contribution in [1.82, 2.24) is 15.5 Å². The number of aryl methyl sites for hydroxylation is 1. The predicted molar refractivity (Wildman–Crippen MR) is 78.3 cm³/mol. The van der Waals surface area contributed by atoms with Gasteiger partial charge in [-0.25, -0.2) is 0 Å². The second-order valence-electron chi connectivity index (χ2n) is 4.64. The third-order valence-corrected chi connectivity index (χ3v) is 3.29. The number of aromatic nitrogens is 2. The Morgan fingerprint density at radius 3 is 2.65 bits per heavy atom. The summed E-state index contributed by atoms with van der Waals surface area (Å²) in [6.07, 6.45) is 2.80. The topological polar surface area (TPSA) is 59.2 Å². The van der Waals surface area contributed by atoms with Gasteiger partial charge in [-0.05, 0) is 37.6 Å². The Morgan fingerprint density at radius 1 is 1.20 bits per heavy atom. The van der Waals surface area contributed by atoms with Crippen LogP contribution in [0.2, 0.25) is 0 Å². The fourth-order valence-corrected chi connectivity index (χ4v) is 2.05. The van der Waals surface area contributed by atoms with E-state index >= 15 is 0 Å². The molecule has 0 saturated heterocycles. The lowest BCUT2D eigenvalue weighted by Crippen LogP contribution is -2.16. The van der Waals surface area contributed by atoms with Gasteiger partial charge in [0.05, 0.1) is 20.4 Å². The van der Waals surface area contributed by atoms with Gasteiger partial charge in [0.2, 0.25) is 0 Å². The maximum absolute atomic E-state index is 5.30. The number of hydrogen-bond donors (Lipinski definition) is 2. The summed E-state index contributed by atoms with van der Waals surface area (Å²) < 4.78 is 10.5. The molecule has 0 unspecified atom stereocenters. The van der Waals surface area contributed by atoms with Crippen LogP contribution in [0.1, 0.15) is 16.8 Å². The van der Waals surface area contributed by atoms with Crippen molar-refractivity contribution >= 4 is 0 Å². The highest BCUT2D eigenvalue weighted by atomic mass is 16.5. The van der Waals surface area contributed by atoms with Gasteiger partial charge < -0.3 is 14.8 Å². The van der Waals surface area contributed by atoms with Gasteiger partial charge in [0.25, 0.3) is 0 Å². The number of H-pyrrole nitrogens is 1. The molecular weight excluding hydrogens is 254 g/mol. The largest absolute Gasteiger partial charge is 0.493 e. The first-order chi connectivity index (χ1) is 9.74. The van der Waals surface area contributed by atoms with Crippen molar-refractivity contribution in [3.63, 3.8) is 0 Å². The molecule has 0 aliphatic heterocycles. The van der Waals surface area contributed by atoms with Crippen LogP contribution in [0, 0.1) is 6.92 Å². The Labute approximate surface area is 119 Å². The fourth-order valence-electron chi connectivity index (χ4n) is 2.05. The highest BCUT2D eigenvalue weighted by Crippen LogP contribution is 2.27. The van der Waals surface area contributed by atoms with Crippen LogP contribution in [-0.2, 0) is 13.0 Å². The van der Waals surface area contributed by atoms with Gasteiger partial charge in [0.15, 0.2) is 11.5 Å². The summed E-state index contributed by atoms with van der Waals surface area (Å²) in [5, 5.41) is 10.4. The number of nitrogens with one attached hydrogen (secondary N) is 2. The number of methoxy groups -OCH3 is 2. The van der Waals surface area contributed by atoms with Crippen molar-refractivity contribution in [2.45, 2.75) is 19.9 Å². The van der Waals surface area contributed by atoms with Gasteiger partial charge >= 0.3 is 0 Å². The first kappa shape index (κ1) is 14.4. The van der Waals surface area contributed by atoms with E-state index in [1.165, 1.54) is 11.1 Å². The standard InChI is InChI=1S/C15H21N3O2/c1-11-13(10-17-18-11)9-16-7-6-12-4-5-14(19-2)15(8-12)20-3/h4-5,8,10,16H,6-7,9H2,1-3H3,(H,17,18). The zero-order valence-corrected chi connectivity index (χ0v) is 12.2. The second-order valence-corrected chi connectivity index (χ2v) is 4.64. The fraction of sp³-hybridized carbons (Fsp3) is 0.400. The van der Waals surface area contributed by atoms with Crippen molar-refractivity contribution in [3.05, 3.63) is 41.2 Å². The van der Waals surface area contributed by atoms with E-state index in [9.17, 15) is 0 Å². The number of aromatic amines is 1. The van der Waals surface area contributed by atoms with Crippen LogP contribution >= 0.6 is 0 Å². The number of nitrogens with zero attached hydrogens (tertiary/aromatic N) is 1. The summed E-state index contributed by atoms with van der Waals surface area (Å²) in [6, 6.07) is 6.02. The van der Waals surface area contributed by atoms with Crippen molar-refractivity contribution in [2.75, 3.05) is 20.8 Å². The molecule has 5 heteroatoms. The molecule has 0 aliphatic carbocycles. The zero-order chi connectivity index (χ0) is 14.4. The molecule has 0 bridgehead atoms. The van der Waals surface area contributed by atoms with Gasteiger partial charge in [0.1, 0.15) is 0 Å². The molecule has 2 aromatic rings. The van der Waals surface area contributed by atoms with E-state index in [0.717, 1.165) is 36.7 Å². The lowest BCUT2D eigenvalue weighted by atomic mass is 10.1. The van der Waals surface area contributed by atoms with E-state index in [1.807, 2.05) is 25.3 Å².